The molecule has 1 fully saturated rings. The quantitative estimate of drug-likeness (QED) is 0.531. The summed E-state index contributed by atoms with van der Waals surface area (Å²) in [5.74, 6) is -0.520. The number of rotatable bonds is 4. The third kappa shape index (κ3) is 5.78. The van der Waals surface area contributed by atoms with Gasteiger partial charge < -0.3 is 25.0 Å². The van der Waals surface area contributed by atoms with Crippen molar-refractivity contribution in [3.05, 3.63) is 77.4 Å². The third-order valence-corrected chi connectivity index (χ3v) is 7.17. The number of nitrogens with zero attached hydrogens (tertiary/aromatic N) is 4. The number of aromatic nitrogens is 2. The van der Waals surface area contributed by atoms with Gasteiger partial charge in [-0.2, -0.15) is 9.78 Å². The van der Waals surface area contributed by atoms with Crippen LogP contribution < -0.4 is 15.0 Å². The van der Waals surface area contributed by atoms with Gasteiger partial charge in [-0.3, -0.25) is 9.59 Å². The van der Waals surface area contributed by atoms with Gasteiger partial charge in [-0.1, -0.05) is 12.1 Å². The van der Waals surface area contributed by atoms with Gasteiger partial charge in [0.2, 0.25) is 0 Å². The number of hydrogen-bond acceptors (Lipinski definition) is 6. The number of anilines is 1. The zero-order valence-electron chi connectivity index (χ0n) is 21.8. The first-order chi connectivity index (χ1) is 18.6. The highest BCUT2D eigenvalue weighted by Gasteiger charge is 2.33. The number of piperidine rings is 1. The lowest BCUT2D eigenvalue weighted by Gasteiger charge is -2.35. The van der Waals surface area contributed by atoms with Crippen LogP contribution in [0, 0.1) is 5.82 Å². The van der Waals surface area contributed by atoms with E-state index in [1.54, 1.807) is 49.2 Å². The second kappa shape index (κ2) is 10.5. The fourth-order valence-electron chi connectivity index (χ4n) is 4.77. The molecule has 0 spiro atoms. The Hall–Kier alpha value is -4.25. The molecular weight excluding hydrogens is 505 g/mol. The summed E-state index contributed by atoms with van der Waals surface area (Å²) in [6, 6.07) is 9.48. The Morgan fingerprint density at radius 1 is 1.18 bits per heavy atom. The number of likely N-dealkylation sites (tertiary alicyclic amines) is 1. The van der Waals surface area contributed by atoms with E-state index in [9.17, 15) is 23.9 Å². The normalized spacial score (nSPS) is 18.7. The predicted molar refractivity (Wildman–Crippen MR) is 140 cm³/mol. The smallest absolute Gasteiger partial charge is 0.342 e. The van der Waals surface area contributed by atoms with Crippen molar-refractivity contribution in [3.8, 4) is 5.75 Å². The Morgan fingerprint density at radius 3 is 2.69 bits per heavy atom. The molecule has 1 saturated heterocycles. The summed E-state index contributed by atoms with van der Waals surface area (Å²) in [5.41, 5.74) is 1.50. The Labute approximate surface area is 225 Å². The summed E-state index contributed by atoms with van der Waals surface area (Å²) in [4.78, 5) is 42.3. The number of carbonyl (C=O) groups is 3. The van der Waals surface area contributed by atoms with Crippen LogP contribution in [0.25, 0.3) is 0 Å². The first kappa shape index (κ1) is 26.4. The minimum Gasteiger partial charge on any atom is -0.489 e. The third-order valence-electron chi connectivity index (χ3n) is 7.17. The topological polar surface area (TPSA) is 117 Å². The molecule has 0 bridgehead atoms. The zero-order valence-corrected chi connectivity index (χ0v) is 21.8. The number of nitrogens with one attached hydrogen (secondary N) is 1. The molecule has 10 nitrogen and oxygen atoms in total. The van der Waals surface area contributed by atoms with Gasteiger partial charge in [-0.05, 0) is 61.2 Å². The van der Waals surface area contributed by atoms with E-state index in [4.69, 9.17) is 4.74 Å². The van der Waals surface area contributed by atoms with Crippen molar-refractivity contribution in [1.82, 2.24) is 20.0 Å². The first-order valence-electron chi connectivity index (χ1n) is 12.7. The molecular formula is C28H30FN5O5. The molecule has 0 unspecified atom stereocenters. The van der Waals surface area contributed by atoms with Gasteiger partial charge >= 0.3 is 6.03 Å². The van der Waals surface area contributed by atoms with E-state index in [2.05, 4.69) is 10.4 Å². The molecule has 11 heteroatoms. The maximum absolute atomic E-state index is 13.5. The van der Waals surface area contributed by atoms with Crippen molar-refractivity contribution >= 4 is 23.5 Å². The summed E-state index contributed by atoms with van der Waals surface area (Å²) < 4.78 is 20.4. The second-order valence-electron chi connectivity index (χ2n) is 10.3. The van der Waals surface area contributed by atoms with E-state index < -0.39 is 23.6 Å². The van der Waals surface area contributed by atoms with Crippen molar-refractivity contribution in [1.29, 1.82) is 0 Å². The lowest BCUT2D eigenvalue weighted by Crippen LogP contribution is -2.50. The molecule has 3 amide bonds. The fourth-order valence-corrected chi connectivity index (χ4v) is 4.77. The van der Waals surface area contributed by atoms with E-state index in [1.165, 1.54) is 29.4 Å². The van der Waals surface area contributed by atoms with E-state index in [0.29, 0.717) is 54.9 Å². The molecule has 2 N–H and O–H groups in total. The standard InChI is InChI=1S/C28H30FN5O5/c1-28(38)8-10-33(11-9-28)25(35)20-6-7-24-23(14-20)32(2)26(36)22(17-39-24)31-27(37)34-16-19(15-30-34)12-18-4-3-5-21(29)13-18/h3-7,13-16,22,38H,8-12,17H2,1-2H3,(H,31,37)/t22-/m0/s1. The average molecular weight is 536 g/mol. The van der Waals surface area contributed by atoms with Gasteiger partial charge in [-0.15, -0.1) is 0 Å². The highest BCUT2D eigenvalue weighted by atomic mass is 19.1. The van der Waals surface area contributed by atoms with Crippen LogP contribution >= 0.6 is 0 Å². The van der Waals surface area contributed by atoms with Crippen molar-refractivity contribution in [2.24, 2.45) is 0 Å². The molecule has 3 heterocycles. The minimum atomic E-state index is -0.991. The lowest BCUT2D eigenvalue weighted by molar-refractivity contribution is -0.120. The maximum Gasteiger partial charge on any atom is 0.342 e. The molecule has 39 heavy (non-hydrogen) atoms. The van der Waals surface area contributed by atoms with Gasteiger partial charge in [0.1, 0.15) is 24.2 Å². The number of likely N-dealkylation sites (N-methyl/N-ethyl adjacent to an activating group) is 1. The molecule has 1 aromatic heterocycles. The number of hydrogen-bond donors (Lipinski definition) is 2. The summed E-state index contributed by atoms with van der Waals surface area (Å²) in [6.45, 7) is 2.55. The molecule has 2 aromatic carbocycles. The molecule has 0 saturated carbocycles. The molecule has 0 radical (unpaired) electrons. The summed E-state index contributed by atoms with van der Waals surface area (Å²) in [7, 11) is 1.56. The lowest BCUT2D eigenvalue weighted by atomic mass is 9.93. The average Bonchev–Trinajstić information content (AvgIpc) is 3.34. The van der Waals surface area contributed by atoms with Crippen LogP contribution in [0.15, 0.2) is 54.9 Å². The van der Waals surface area contributed by atoms with Crippen LogP contribution in [0.5, 0.6) is 5.75 Å². The summed E-state index contributed by atoms with van der Waals surface area (Å²) in [5, 5.41) is 16.9. The Kier molecular flexibility index (Phi) is 7.09. The molecule has 2 aliphatic rings. The van der Waals surface area contributed by atoms with Gasteiger partial charge in [0.05, 0.1) is 17.5 Å². The molecule has 204 valence electrons. The predicted octanol–water partition coefficient (Wildman–Crippen LogP) is 2.58. The number of benzene rings is 2. The molecule has 0 aliphatic carbocycles. The zero-order chi connectivity index (χ0) is 27.7. The van der Waals surface area contributed by atoms with Crippen LogP contribution in [-0.4, -0.2) is 76.0 Å². The van der Waals surface area contributed by atoms with E-state index in [1.807, 2.05) is 0 Å². The maximum atomic E-state index is 13.5. The van der Waals surface area contributed by atoms with Crippen molar-refractivity contribution in [3.63, 3.8) is 0 Å². The van der Waals surface area contributed by atoms with Gasteiger partial charge in [0.15, 0.2) is 0 Å². The van der Waals surface area contributed by atoms with Crippen molar-refractivity contribution in [2.45, 2.75) is 37.8 Å². The number of fused-ring (bicyclic) bond motifs is 1. The first-order valence-corrected chi connectivity index (χ1v) is 12.7. The molecule has 1 atom stereocenters. The van der Waals surface area contributed by atoms with Gasteiger partial charge in [0.25, 0.3) is 11.8 Å². The van der Waals surface area contributed by atoms with Crippen LogP contribution in [0.4, 0.5) is 14.9 Å². The minimum absolute atomic E-state index is 0.103. The Morgan fingerprint density at radius 2 is 1.95 bits per heavy atom. The largest absolute Gasteiger partial charge is 0.489 e. The van der Waals surface area contributed by atoms with Crippen LogP contribution in [-0.2, 0) is 11.2 Å². The molecule has 5 rings (SSSR count). The Balaban J connectivity index is 1.25. The van der Waals surface area contributed by atoms with E-state index >= 15 is 0 Å². The second-order valence-corrected chi connectivity index (χ2v) is 10.3. The summed E-state index contributed by atoms with van der Waals surface area (Å²) in [6.07, 6.45) is 4.43. The molecule has 3 aromatic rings. The van der Waals surface area contributed by atoms with E-state index in [-0.39, 0.29) is 18.3 Å². The monoisotopic (exact) mass is 535 g/mol. The van der Waals surface area contributed by atoms with Crippen molar-refractivity contribution in [2.75, 3.05) is 31.6 Å². The van der Waals surface area contributed by atoms with E-state index in [0.717, 1.165) is 10.2 Å². The van der Waals surface area contributed by atoms with Gasteiger partial charge in [-0.25, -0.2) is 9.18 Å². The number of carbonyl (C=O) groups excluding carboxylic acids is 3. The van der Waals surface area contributed by atoms with Gasteiger partial charge in [0, 0.05) is 38.3 Å². The van der Waals surface area contributed by atoms with Crippen LogP contribution in [0.2, 0.25) is 0 Å². The number of aliphatic hydroxyl groups is 1. The van der Waals surface area contributed by atoms with Crippen LogP contribution in [0.1, 0.15) is 41.3 Å². The van der Waals surface area contributed by atoms with Crippen LogP contribution in [0.3, 0.4) is 0 Å². The Bertz CT molecular complexity index is 1410. The number of amides is 3. The highest BCUT2D eigenvalue weighted by Crippen LogP contribution is 2.32. The number of ether oxygens (including phenoxy) is 1. The summed E-state index contributed by atoms with van der Waals surface area (Å²) >= 11 is 0. The number of halogens is 1. The fraction of sp³-hybridized carbons (Fsp3) is 0.357. The van der Waals surface area contributed by atoms with Crippen molar-refractivity contribution < 1.29 is 28.6 Å². The molecule has 2 aliphatic heterocycles. The highest BCUT2D eigenvalue weighted by molar-refractivity contribution is 6.02. The SMILES string of the molecule is CN1C(=O)[C@@H](NC(=O)n2cc(Cc3cccc(F)c3)cn2)COc2ccc(C(=O)N3CCC(C)(O)CC3)cc21.